The van der Waals surface area contributed by atoms with Gasteiger partial charge in [0, 0.05) is 26.8 Å². The maximum atomic E-state index is 11.9. The average molecular weight is 230 g/mol. The highest BCUT2D eigenvalue weighted by Gasteiger charge is 2.18. The summed E-state index contributed by atoms with van der Waals surface area (Å²) in [6.07, 6.45) is 3.69. The van der Waals surface area contributed by atoms with Crippen LogP contribution in [0.4, 0.5) is 0 Å². The third-order valence-electron chi connectivity index (χ3n) is 2.66. The summed E-state index contributed by atoms with van der Waals surface area (Å²) in [7, 11) is 1.66. The number of unbranched alkanes of at least 4 members (excludes halogenated alkanes) is 1. The summed E-state index contributed by atoms with van der Waals surface area (Å²) >= 11 is 0. The van der Waals surface area contributed by atoms with Crippen molar-refractivity contribution in [2.75, 3.05) is 26.8 Å². The maximum absolute atomic E-state index is 11.9. The number of likely N-dealkylation sites (N-methyl/N-ethyl adjacent to an activating group) is 1. The minimum absolute atomic E-state index is 0.0760. The second-order valence-corrected chi connectivity index (χ2v) is 4.01. The van der Waals surface area contributed by atoms with Crippen LogP contribution in [0.3, 0.4) is 0 Å². The zero-order chi connectivity index (χ0) is 12.4. The van der Waals surface area contributed by atoms with E-state index in [2.05, 4.69) is 6.92 Å². The lowest BCUT2D eigenvalue weighted by Crippen LogP contribution is -2.44. The van der Waals surface area contributed by atoms with E-state index in [9.17, 15) is 4.79 Å². The second-order valence-electron chi connectivity index (χ2n) is 4.01. The van der Waals surface area contributed by atoms with E-state index in [-0.39, 0.29) is 11.9 Å². The van der Waals surface area contributed by atoms with Crippen molar-refractivity contribution in [3.63, 3.8) is 0 Å². The van der Waals surface area contributed by atoms with Gasteiger partial charge in [0.25, 0.3) is 0 Å². The smallest absolute Gasteiger partial charge is 0.239 e. The Morgan fingerprint density at radius 3 is 2.56 bits per heavy atom. The Morgan fingerprint density at radius 2 is 2.06 bits per heavy atom. The van der Waals surface area contributed by atoms with Crippen molar-refractivity contribution < 1.29 is 9.53 Å². The molecule has 0 spiro atoms. The van der Waals surface area contributed by atoms with Gasteiger partial charge in [-0.05, 0) is 26.2 Å². The van der Waals surface area contributed by atoms with Gasteiger partial charge in [-0.2, -0.15) is 0 Å². The monoisotopic (exact) mass is 230 g/mol. The minimum atomic E-state index is -0.369. The molecule has 0 aliphatic carbocycles. The summed E-state index contributed by atoms with van der Waals surface area (Å²) in [5.74, 6) is 0.0760. The highest BCUT2D eigenvalue weighted by atomic mass is 16.5. The van der Waals surface area contributed by atoms with E-state index >= 15 is 0 Å². The van der Waals surface area contributed by atoms with Crippen molar-refractivity contribution in [2.45, 2.75) is 45.6 Å². The Kier molecular flexibility index (Phi) is 9.24. The first kappa shape index (κ1) is 15.4. The third-order valence-corrected chi connectivity index (χ3v) is 2.66. The molecule has 0 aliphatic heterocycles. The average Bonchev–Trinajstić information content (AvgIpc) is 2.30. The molecule has 0 saturated carbocycles. The molecule has 4 heteroatoms. The van der Waals surface area contributed by atoms with Crippen LogP contribution in [-0.4, -0.2) is 43.7 Å². The van der Waals surface area contributed by atoms with Crippen LogP contribution < -0.4 is 5.73 Å². The largest absolute Gasteiger partial charge is 0.385 e. The molecule has 1 unspecified atom stereocenters. The molecule has 4 nitrogen and oxygen atoms in total. The second kappa shape index (κ2) is 9.60. The Balaban J connectivity index is 3.95. The fourth-order valence-corrected chi connectivity index (χ4v) is 1.58. The molecule has 0 saturated heterocycles. The molecule has 16 heavy (non-hydrogen) atoms. The molecule has 1 amide bonds. The topological polar surface area (TPSA) is 55.6 Å². The van der Waals surface area contributed by atoms with Crippen molar-refractivity contribution in [1.29, 1.82) is 0 Å². The molecule has 0 fully saturated rings. The fraction of sp³-hybridized carbons (Fsp3) is 0.917. The Bertz CT molecular complexity index is 186. The van der Waals surface area contributed by atoms with E-state index < -0.39 is 0 Å². The number of rotatable bonds is 9. The van der Waals surface area contributed by atoms with Gasteiger partial charge in [0.2, 0.25) is 5.91 Å². The first-order valence-electron chi connectivity index (χ1n) is 6.20. The number of ether oxygens (including phenoxy) is 1. The van der Waals surface area contributed by atoms with Crippen molar-refractivity contribution in [1.82, 2.24) is 4.90 Å². The third kappa shape index (κ3) is 6.08. The lowest BCUT2D eigenvalue weighted by molar-refractivity contribution is -0.132. The van der Waals surface area contributed by atoms with Gasteiger partial charge < -0.3 is 15.4 Å². The molecule has 0 aromatic rings. The highest BCUT2D eigenvalue weighted by Crippen LogP contribution is 2.02. The predicted octanol–water partition coefficient (Wildman–Crippen LogP) is 1.39. The lowest BCUT2D eigenvalue weighted by atomic mass is 10.1. The molecular weight excluding hydrogens is 204 g/mol. The molecule has 0 heterocycles. The summed E-state index contributed by atoms with van der Waals surface area (Å²) in [5.41, 5.74) is 5.86. The normalized spacial score (nSPS) is 12.5. The zero-order valence-corrected chi connectivity index (χ0v) is 10.9. The molecule has 1 atom stereocenters. The number of nitrogens with zero attached hydrogens (tertiary/aromatic N) is 1. The van der Waals surface area contributed by atoms with Crippen LogP contribution >= 0.6 is 0 Å². The van der Waals surface area contributed by atoms with Crippen molar-refractivity contribution in [3.8, 4) is 0 Å². The van der Waals surface area contributed by atoms with E-state index in [0.29, 0.717) is 13.0 Å². The van der Waals surface area contributed by atoms with E-state index in [1.54, 1.807) is 7.11 Å². The zero-order valence-electron chi connectivity index (χ0n) is 10.9. The van der Waals surface area contributed by atoms with Crippen LogP contribution in [0.25, 0.3) is 0 Å². The van der Waals surface area contributed by atoms with Crippen LogP contribution in [0.2, 0.25) is 0 Å². The minimum Gasteiger partial charge on any atom is -0.385 e. The van der Waals surface area contributed by atoms with Crippen molar-refractivity contribution in [2.24, 2.45) is 5.73 Å². The van der Waals surface area contributed by atoms with E-state index in [4.69, 9.17) is 10.5 Å². The number of hydrogen-bond acceptors (Lipinski definition) is 3. The molecule has 0 aromatic carbocycles. The van der Waals surface area contributed by atoms with Crippen molar-refractivity contribution >= 4 is 5.91 Å². The van der Waals surface area contributed by atoms with Gasteiger partial charge in [-0.25, -0.2) is 0 Å². The summed E-state index contributed by atoms with van der Waals surface area (Å²) in [6.45, 7) is 6.36. The lowest BCUT2D eigenvalue weighted by Gasteiger charge is -2.24. The van der Waals surface area contributed by atoms with Crippen LogP contribution in [-0.2, 0) is 9.53 Å². The SMILES string of the molecule is CCCCN(CC)C(=O)C(N)CCCOC. The van der Waals surface area contributed by atoms with Gasteiger partial charge in [0.1, 0.15) is 0 Å². The number of methoxy groups -OCH3 is 1. The first-order chi connectivity index (χ1) is 7.67. The van der Waals surface area contributed by atoms with Gasteiger partial charge >= 0.3 is 0 Å². The molecule has 96 valence electrons. The Hall–Kier alpha value is -0.610. The van der Waals surface area contributed by atoms with E-state index in [1.165, 1.54) is 0 Å². The number of carbonyl (C=O) groups excluding carboxylic acids is 1. The quantitative estimate of drug-likeness (QED) is 0.609. The van der Waals surface area contributed by atoms with Crippen LogP contribution in [0.5, 0.6) is 0 Å². The number of nitrogens with two attached hydrogens (primary N) is 1. The fourth-order valence-electron chi connectivity index (χ4n) is 1.58. The van der Waals surface area contributed by atoms with Gasteiger partial charge in [-0.1, -0.05) is 13.3 Å². The standard InChI is InChI=1S/C12H26N2O2/c1-4-6-9-14(5-2)12(15)11(13)8-7-10-16-3/h11H,4-10,13H2,1-3H3. The van der Waals surface area contributed by atoms with Gasteiger partial charge in [-0.3, -0.25) is 4.79 Å². The molecular formula is C12H26N2O2. The van der Waals surface area contributed by atoms with Crippen LogP contribution in [0, 0.1) is 0 Å². The molecule has 0 radical (unpaired) electrons. The number of hydrogen-bond donors (Lipinski definition) is 1. The molecule has 0 rings (SSSR count). The predicted molar refractivity (Wildman–Crippen MR) is 66.2 cm³/mol. The molecule has 0 aromatic heterocycles. The van der Waals surface area contributed by atoms with E-state index in [0.717, 1.165) is 32.4 Å². The van der Waals surface area contributed by atoms with Crippen LogP contribution in [0.1, 0.15) is 39.5 Å². The number of carbonyl (C=O) groups is 1. The molecule has 0 bridgehead atoms. The summed E-state index contributed by atoms with van der Waals surface area (Å²) in [5, 5.41) is 0. The Labute approximate surface area is 99.1 Å². The highest BCUT2D eigenvalue weighted by molar-refractivity contribution is 5.81. The van der Waals surface area contributed by atoms with E-state index in [1.807, 2.05) is 11.8 Å². The number of amides is 1. The van der Waals surface area contributed by atoms with Gasteiger partial charge in [0.15, 0.2) is 0 Å². The van der Waals surface area contributed by atoms with Crippen LogP contribution in [0.15, 0.2) is 0 Å². The molecule has 0 aliphatic rings. The Morgan fingerprint density at radius 1 is 1.38 bits per heavy atom. The summed E-state index contributed by atoms with van der Waals surface area (Å²) in [6, 6.07) is -0.369. The summed E-state index contributed by atoms with van der Waals surface area (Å²) in [4.78, 5) is 13.8. The summed E-state index contributed by atoms with van der Waals surface area (Å²) < 4.78 is 4.94. The van der Waals surface area contributed by atoms with Crippen molar-refractivity contribution in [3.05, 3.63) is 0 Å². The van der Waals surface area contributed by atoms with Gasteiger partial charge in [-0.15, -0.1) is 0 Å². The molecule has 2 N–H and O–H groups in total. The first-order valence-corrected chi connectivity index (χ1v) is 6.20. The van der Waals surface area contributed by atoms with Gasteiger partial charge in [0.05, 0.1) is 6.04 Å². The maximum Gasteiger partial charge on any atom is 0.239 e.